The zero-order valence-electron chi connectivity index (χ0n) is 12.7. The van der Waals surface area contributed by atoms with Gasteiger partial charge >= 0.3 is 31.1 Å². The number of nitrogens with one attached hydrogen (secondary N) is 2. The van der Waals surface area contributed by atoms with E-state index in [-0.39, 0.29) is 0 Å². The molecule has 10 nitrogen and oxygen atoms in total. The van der Waals surface area contributed by atoms with E-state index in [0.29, 0.717) is 11.1 Å². The van der Waals surface area contributed by atoms with Gasteiger partial charge in [0.2, 0.25) is 0 Å². The molecule has 1 amide bonds. The van der Waals surface area contributed by atoms with E-state index < -0.39 is 49.8 Å². The maximum Gasteiger partial charge on any atom is 0.516 e. The second kappa shape index (κ2) is 7.43. The Labute approximate surface area is 148 Å². The number of alkyl halides is 6. The van der Waals surface area contributed by atoms with E-state index in [0.717, 1.165) is 32.9 Å². The summed E-state index contributed by atoms with van der Waals surface area (Å²) in [5.74, 6) is -1.50. The van der Waals surface area contributed by atoms with E-state index in [1.165, 1.54) is 0 Å². The topological polar surface area (TPSA) is 142 Å². The van der Waals surface area contributed by atoms with Crippen molar-refractivity contribution in [1.82, 2.24) is 19.2 Å². The van der Waals surface area contributed by atoms with Crippen molar-refractivity contribution in [3.63, 3.8) is 0 Å². The van der Waals surface area contributed by atoms with Crippen molar-refractivity contribution in [3.8, 4) is 0 Å². The number of nitrogens with zero attached hydrogens (tertiary/aromatic N) is 2. The van der Waals surface area contributed by atoms with Gasteiger partial charge in [0.05, 0.1) is 6.67 Å². The molecule has 0 bridgehead atoms. The van der Waals surface area contributed by atoms with Crippen LogP contribution in [0.1, 0.15) is 0 Å². The highest BCUT2D eigenvalue weighted by atomic mass is 32.2. The van der Waals surface area contributed by atoms with E-state index in [1.807, 2.05) is 0 Å². The standard InChI is InChI=1S/C9H11F6N5O5S2/c10-8(11,12)26(22,23)17-1-2-19-3-4-20(5-19)7(6(16)21)18-27(24,25)9(13,14)15/h1-4,7,17-18H,5H2,(H2,16,21). The van der Waals surface area contributed by atoms with Crippen LogP contribution in [-0.2, 0) is 24.8 Å². The van der Waals surface area contributed by atoms with Crippen LogP contribution in [0, 0.1) is 0 Å². The van der Waals surface area contributed by atoms with Gasteiger partial charge in [-0.3, -0.25) is 9.52 Å². The predicted octanol–water partition coefficient (Wildman–Crippen LogP) is -0.806. The summed E-state index contributed by atoms with van der Waals surface area (Å²) in [5, 5.41) is 0. The fraction of sp³-hybridized carbons (Fsp3) is 0.444. The van der Waals surface area contributed by atoms with Crippen LogP contribution in [0.4, 0.5) is 26.3 Å². The molecule has 0 aromatic carbocycles. The maximum absolute atomic E-state index is 12.4. The first-order chi connectivity index (χ1) is 12.0. The summed E-state index contributed by atoms with van der Waals surface area (Å²) < 4.78 is 119. The lowest BCUT2D eigenvalue weighted by atomic mass is 10.4. The van der Waals surface area contributed by atoms with Gasteiger partial charge in [-0.25, -0.2) is 8.42 Å². The lowest BCUT2D eigenvalue weighted by Gasteiger charge is -2.27. The minimum atomic E-state index is -5.93. The molecule has 1 aliphatic heterocycles. The van der Waals surface area contributed by atoms with Gasteiger partial charge in [0.25, 0.3) is 5.91 Å². The Morgan fingerprint density at radius 1 is 1.04 bits per heavy atom. The predicted molar refractivity (Wildman–Crippen MR) is 76.0 cm³/mol. The minimum absolute atomic E-state index is 0.357. The molecule has 1 atom stereocenters. The summed E-state index contributed by atoms with van der Waals surface area (Å²) >= 11 is 0. The molecule has 0 spiro atoms. The second-order valence-electron chi connectivity index (χ2n) is 4.72. The molecule has 0 fully saturated rings. The zero-order chi connectivity index (χ0) is 21.3. The first-order valence-corrected chi connectivity index (χ1v) is 9.27. The molecule has 1 heterocycles. The Morgan fingerprint density at radius 3 is 2.00 bits per heavy atom. The van der Waals surface area contributed by atoms with E-state index in [1.54, 1.807) is 0 Å². The van der Waals surface area contributed by atoms with Gasteiger partial charge in [-0.05, 0) is 0 Å². The van der Waals surface area contributed by atoms with Gasteiger partial charge < -0.3 is 15.5 Å². The van der Waals surface area contributed by atoms with E-state index >= 15 is 0 Å². The maximum atomic E-state index is 12.4. The third-order valence-corrected chi connectivity index (χ3v) is 4.94. The second-order valence-corrected chi connectivity index (χ2v) is 8.13. The summed E-state index contributed by atoms with van der Waals surface area (Å²) in [7, 11) is -11.6. The number of hydrogen-bond donors (Lipinski definition) is 3. The molecule has 1 aliphatic rings. The third kappa shape index (κ3) is 5.63. The van der Waals surface area contributed by atoms with Crippen molar-refractivity contribution in [3.05, 3.63) is 24.8 Å². The molecule has 156 valence electrons. The highest BCUT2D eigenvalue weighted by Gasteiger charge is 2.48. The Hall–Kier alpha value is -2.21. The van der Waals surface area contributed by atoms with Crippen LogP contribution in [0.15, 0.2) is 24.8 Å². The zero-order valence-corrected chi connectivity index (χ0v) is 14.3. The first-order valence-electron chi connectivity index (χ1n) is 6.31. The van der Waals surface area contributed by atoms with Crippen molar-refractivity contribution < 1.29 is 48.0 Å². The molecule has 0 aromatic rings. The number of rotatable bonds is 7. The number of sulfonamides is 2. The molecular weight excluding hydrogens is 436 g/mol. The molecule has 0 aliphatic carbocycles. The smallest absolute Gasteiger partial charge is 0.367 e. The molecular formula is C9H11F6N5O5S2. The van der Waals surface area contributed by atoms with Gasteiger partial charge in [-0.2, -0.15) is 39.5 Å². The molecule has 27 heavy (non-hydrogen) atoms. The number of carbonyl (C=O) groups excluding carboxylic acids is 1. The molecule has 0 saturated heterocycles. The molecule has 0 radical (unpaired) electrons. The van der Waals surface area contributed by atoms with Gasteiger partial charge in [0.15, 0.2) is 6.17 Å². The SMILES string of the molecule is NC(=O)C(NS(=O)(=O)C(F)(F)F)N1C=CN(C=CNS(=O)(=O)C(F)(F)F)C1. The van der Waals surface area contributed by atoms with Gasteiger partial charge in [0, 0.05) is 24.8 Å². The Balaban J connectivity index is 2.81. The number of amides is 1. The number of hydrogen-bond acceptors (Lipinski definition) is 7. The third-order valence-electron chi connectivity index (χ3n) is 2.74. The molecule has 0 saturated carbocycles. The lowest BCUT2D eigenvalue weighted by molar-refractivity contribution is -0.123. The van der Waals surface area contributed by atoms with Crippen molar-refractivity contribution in [1.29, 1.82) is 0 Å². The average Bonchev–Trinajstić information content (AvgIpc) is 2.90. The lowest BCUT2D eigenvalue weighted by Crippen LogP contribution is -2.56. The Kier molecular flexibility index (Phi) is 6.28. The van der Waals surface area contributed by atoms with Crippen LogP contribution in [0.5, 0.6) is 0 Å². The average molecular weight is 447 g/mol. The molecule has 4 N–H and O–H groups in total. The number of primary amides is 1. The van der Waals surface area contributed by atoms with Crippen molar-refractivity contribution in [2.24, 2.45) is 5.73 Å². The molecule has 1 rings (SSSR count). The first kappa shape index (κ1) is 22.8. The summed E-state index contributed by atoms with van der Waals surface area (Å²) in [5.41, 5.74) is -6.44. The van der Waals surface area contributed by atoms with Crippen LogP contribution in [-0.4, -0.2) is 56.4 Å². The number of halogens is 6. The molecule has 18 heteroatoms. The van der Waals surface area contributed by atoms with Crippen molar-refractivity contribution >= 4 is 26.0 Å². The van der Waals surface area contributed by atoms with Gasteiger partial charge in [-0.1, -0.05) is 0 Å². The van der Waals surface area contributed by atoms with Crippen LogP contribution in [0.3, 0.4) is 0 Å². The van der Waals surface area contributed by atoms with Crippen LogP contribution >= 0.6 is 0 Å². The normalized spacial score (nSPS) is 17.6. The molecule has 0 aromatic heterocycles. The van der Waals surface area contributed by atoms with E-state index in [9.17, 15) is 48.0 Å². The quantitative estimate of drug-likeness (QED) is 0.434. The minimum Gasteiger partial charge on any atom is -0.367 e. The largest absolute Gasteiger partial charge is 0.516 e. The Bertz CT molecular complexity index is 834. The summed E-state index contributed by atoms with van der Waals surface area (Å²) in [6, 6.07) is 0. The fourth-order valence-corrected chi connectivity index (χ4v) is 2.56. The Morgan fingerprint density at radius 2 is 1.56 bits per heavy atom. The van der Waals surface area contributed by atoms with Crippen molar-refractivity contribution in [2.45, 2.75) is 17.2 Å². The van der Waals surface area contributed by atoms with Gasteiger partial charge in [-0.15, -0.1) is 0 Å². The molecule has 1 unspecified atom stereocenters. The summed E-state index contributed by atoms with van der Waals surface area (Å²) in [6.07, 6.45) is 0.817. The van der Waals surface area contributed by atoms with Crippen molar-refractivity contribution in [2.75, 3.05) is 6.67 Å². The van der Waals surface area contributed by atoms with Crippen LogP contribution in [0.25, 0.3) is 0 Å². The van der Waals surface area contributed by atoms with E-state index in [4.69, 9.17) is 5.73 Å². The number of nitrogens with two attached hydrogens (primary N) is 1. The highest BCUT2D eigenvalue weighted by Crippen LogP contribution is 2.23. The monoisotopic (exact) mass is 447 g/mol. The van der Waals surface area contributed by atoms with Crippen LogP contribution < -0.4 is 15.2 Å². The summed E-state index contributed by atoms with van der Waals surface area (Å²) in [4.78, 5) is 12.8. The van der Waals surface area contributed by atoms with E-state index in [2.05, 4.69) is 0 Å². The highest BCUT2D eigenvalue weighted by molar-refractivity contribution is 7.90. The summed E-state index contributed by atoms with van der Waals surface area (Å²) in [6.45, 7) is -0.543. The van der Waals surface area contributed by atoms with Gasteiger partial charge in [0.1, 0.15) is 0 Å². The number of carbonyl (C=O) groups is 1. The van der Waals surface area contributed by atoms with Crippen LogP contribution in [0.2, 0.25) is 0 Å². The fourth-order valence-electron chi connectivity index (χ4n) is 1.50.